The number of hydrogen-bond donors (Lipinski definition) is 2. The van der Waals surface area contributed by atoms with Gasteiger partial charge in [-0.1, -0.05) is 17.9 Å². The molecule has 80 valence electrons. The largest absolute Gasteiger partial charge is 0.361 e. The Morgan fingerprint density at radius 1 is 1.44 bits per heavy atom. The maximum absolute atomic E-state index is 10.6. The van der Waals surface area contributed by atoms with Crippen molar-refractivity contribution >= 4 is 16.8 Å². The number of nitrogens with one attached hydrogen (secondary N) is 2. The monoisotopic (exact) mass is 212 g/mol. The van der Waals surface area contributed by atoms with E-state index in [9.17, 15) is 4.79 Å². The Kier molecular flexibility index (Phi) is 2.93. The van der Waals surface area contributed by atoms with E-state index in [1.807, 2.05) is 30.5 Å². The zero-order valence-electron chi connectivity index (χ0n) is 9.00. The van der Waals surface area contributed by atoms with E-state index in [0.29, 0.717) is 6.54 Å². The number of amides is 1. The van der Waals surface area contributed by atoms with Gasteiger partial charge < -0.3 is 10.3 Å². The second-order valence-corrected chi connectivity index (χ2v) is 3.49. The van der Waals surface area contributed by atoms with Crippen LogP contribution in [0, 0.1) is 11.8 Å². The van der Waals surface area contributed by atoms with Crippen LogP contribution in [0.25, 0.3) is 10.9 Å². The normalized spacial score (nSPS) is 9.56. The van der Waals surface area contributed by atoms with E-state index in [4.69, 9.17) is 0 Å². The molecule has 2 aromatic rings. The molecule has 0 atom stereocenters. The van der Waals surface area contributed by atoms with Crippen molar-refractivity contribution in [3.63, 3.8) is 0 Å². The molecule has 0 saturated carbocycles. The Morgan fingerprint density at radius 3 is 3.12 bits per heavy atom. The number of aromatic amines is 1. The smallest absolute Gasteiger partial charge is 0.217 e. The van der Waals surface area contributed by atoms with Gasteiger partial charge in [-0.25, -0.2) is 0 Å². The van der Waals surface area contributed by atoms with Gasteiger partial charge in [-0.05, 0) is 23.6 Å². The highest BCUT2D eigenvalue weighted by Crippen LogP contribution is 2.13. The number of carbonyl (C=O) groups is 1. The number of H-pyrrole nitrogens is 1. The van der Waals surface area contributed by atoms with Gasteiger partial charge in [-0.3, -0.25) is 4.79 Å². The lowest BCUT2D eigenvalue weighted by molar-refractivity contribution is -0.118. The SMILES string of the molecule is CC(=O)NCC#Cc1ccc2cc[nH]c2c1. The number of aromatic nitrogens is 1. The first-order chi connectivity index (χ1) is 7.75. The van der Waals surface area contributed by atoms with E-state index in [1.54, 1.807) is 0 Å². The lowest BCUT2D eigenvalue weighted by Crippen LogP contribution is -2.19. The fourth-order valence-electron chi connectivity index (χ4n) is 1.44. The number of hydrogen-bond acceptors (Lipinski definition) is 1. The van der Waals surface area contributed by atoms with Crippen LogP contribution < -0.4 is 5.32 Å². The number of carbonyl (C=O) groups excluding carboxylic acids is 1. The molecule has 0 radical (unpaired) electrons. The molecule has 1 heterocycles. The first-order valence-electron chi connectivity index (χ1n) is 5.06. The quantitative estimate of drug-likeness (QED) is 0.694. The van der Waals surface area contributed by atoms with Crippen molar-refractivity contribution in [1.82, 2.24) is 10.3 Å². The van der Waals surface area contributed by atoms with Crippen molar-refractivity contribution in [2.75, 3.05) is 6.54 Å². The first-order valence-corrected chi connectivity index (χ1v) is 5.06. The molecule has 1 amide bonds. The lowest BCUT2D eigenvalue weighted by atomic mass is 10.2. The van der Waals surface area contributed by atoms with Gasteiger partial charge in [-0.15, -0.1) is 0 Å². The Bertz CT molecular complexity index is 572. The van der Waals surface area contributed by atoms with E-state index in [-0.39, 0.29) is 5.91 Å². The van der Waals surface area contributed by atoms with Crippen LogP contribution in [0.15, 0.2) is 30.5 Å². The average Bonchev–Trinajstić information content (AvgIpc) is 2.71. The van der Waals surface area contributed by atoms with E-state index in [2.05, 4.69) is 22.1 Å². The van der Waals surface area contributed by atoms with Gasteiger partial charge in [0.2, 0.25) is 5.91 Å². The van der Waals surface area contributed by atoms with Crippen molar-refractivity contribution in [2.24, 2.45) is 0 Å². The molecule has 0 aliphatic carbocycles. The number of fused-ring (bicyclic) bond motifs is 1. The minimum atomic E-state index is -0.0610. The third kappa shape index (κ3) is 2.43. The van der Waals surface area contributed by atoms with Gasteiger partial charge in [0.15, 0.2) is 0 Å². The summed E-state index contributed by atoms with van der Waals surface area (Å²) in [4.78, 5) is 13.7. The van der Waals surface area contributed by atoms with Gasteiger partial charge >= 0.3 is 0 Å². The molecule has 0 aliphatic heterocycles. The Balaban J connectivity index is 2.11. The highest BCUT2D eigenvalue weighted by Gasteiger charge is 1.93. The van der Waals surface area contributed by atoms with E-state index in [0.717, 1.165) is 11.1 Å². The summed E-state index contributed by atoms with van der Waals surface area (Å²) < 4.78 is 0. The Morgan fingerprint density at radius 2 is 2.31 bits per heavy atom. The molecule has 2 N–H and O–H groups in total. The van der Waals surface area contributed by atoms with Crippen molar-refractivity contribution in [3.8, 4) is 11.8 Å². The van der Waals surface area contributed by atoms with Crippen LogP contribution in [0.4, 0.5) is 0 Å². The number of benzene rings is 1. The third-order valence-corrected chi connectivity index (χ3v) is 2.21. The lowest BCUT2D eigenvalue weighted by Gasteiger charge is -1.93. The molecule has 2 rings (SSSR count). The number of rotatable bonds is 1. The summed E-state index contributed by atoms with van der Waals surface area (Å²) in [6.07, 6.45) is 1.90. The summed E-state index contributed by atoms with van der Waals surface area (Å²) in [7, 11) is 0. The van der Waals surface area contributed by atoms with Crippen LogP contribution in [0.5, 0.6) is 0 Å². The molecule has 0 saturated heterocycles. The van der Waals surface area contributed by atoms with Gasteiger partial charge in [0.25, 0.3) is 0 Å². The van der Waals surface area contributed by atoms with Crippen molar-refractivity contribution < 1.29 is 4.79 Å². The highest BCUT2D eigenvalue weighted by atomic mass is 16.1. The zero-order chi connectivity index (χ0) is 11.4. The minimum absolute atomic E-state index is 0.0610. The topological polar surface area (TPSA) is 44.9 Å². The van der Waals surface area contributed by atoms with Crippen LogP contribution in [-0.4, -0.2) is 17.4 Å². The summed E-state index contributed by atoms with van der Waals surface area (Å²) in [6.45, 7) is 1.87. The molecule has 3 nitrogen and oxygen atoms in total. The van der Waals surface area contributed by atoms with E-state index >= 15 is 0 Å². The third-order valence-electron chi connectivity index (χ3n) is 2.21. The van der Waals surface area contributed by atoms with Crippen LogP contribution in [0.1, 0.15) is 12.5 Å². The summed E-state index contributed by atoms with van der Waals surface area (Å²) >= 11 is 0. The molecule has 0 fully saturated rings. The Hall–Kier alpha value is -2.21. The minimum Gasteiger partial charge on any atom is -0.361 e. The zero-order valence-corrected chi connectivity index (χ0v) is 9.00. The van der Waals surface area contributed by atoms with Gasteiger partial charge in [0.05, 0.1) is 6.54 Å². The van der Waals surface area contributed by atoms with E-state index < -0.39 is 0 Å². The predicted molar refractivity (Wildman–Crippen MR) is 63.9 cm³/mol. The molecule has 3 heteroatoms. The fraction of sp³-hybridized carbons (Fsp3) is 0.154. The molecule has 0 aliphatic rings. The van der Waals surface area contributed by atoms with Crippen molar-refractivity contribution in [3.05, 3.63) is 36.0 Å². The molecule has 1 aromatic carbocycles. The molecular formula is C13H12N2O. The highest BCUT2D eigenvalue weighted by molar-refractivity contribution is 5.80. The predicted octanol–water partition coefficient (Wildman–Crippen LogP) is 1.66. The second-order valence-electron chi connectivity index (χ2n) is 3.49. The summed E-state index contributed by atoms with van der Waals surface area (Å²) in [5.74, 6) is 5.83. The molecular weight excluding hydrogens is 200 g/mol. The standard InChI is InChI=1S/C13H12N2O/c1-10(16)14-7-2-3-11-4-5-12-6-8-15-13(12)9-11/h4-6,8-9,15H,7H2,1H3,(H,14,16). The maximum atomic E-state index is 10.6. The van der Waals surface area contributed by atoms with Crippen LogP contribution in [-0.2, 0) is 4.79 Å². The van der Waals surface area contributed by atoms with Crippen LogP contribution in [0.3, 0.4) is 0 Å². The van der Waals surface area contributed by atoms with Crippen LogP contribution >= 0.6 is 0 Å². The first kappa shape index (κ1) is 10.3. The van der Waals surface area contributed by atoms with Crippen molar-refractivity contribution in [2.45, 2.75) is 6.92 Å². The molecule has 0 spiro atoms. The average molecular weight is 212 g/mol. The van der Waals surface area contributed by atoms with E-state index in [1.165, 1.54) is 12.3 Å². The fourth-order valence-corrected chi connectivity index (χ4v) is 1.44. The summed E-state index contributed by atoms with van der Waals surface area (Å²) in [6, 6.07) is 8.01. The van der Waals surface area contributed by atoms with Gasteiger partial charge in [0.1, 0.15) is 0 Å². The second kappa shape index (κ2) is 4.54. The van der Waals surface area contributed by atoms with Crippen LogP contribution in [0.2, 0.25) is 0 Å². The molecule has 1 aromatic heterocycles. The molecule has 16 heavy (non-hydrogen) atoms. The molecule has 0 unspecified atom stereocenters. The summed E-state index contributed by atoms with van der Waals surface area (Å²) in [5.41, 5.74) is 2.02. The Labute approximate surface area is 93.9 Å². The molecule has 0 bridgehead atoms. The van der Waals surface area contributed by atoms with Gasteiger partial charge in [-0.2, -0.15) is 0 Å². The maximum Gasteiger partial charge on any atom is 0.217 e. The van der Waals surface area contributed by atoms with Crippen molar-refractivity contribution in [1.29, 1.82) is 0 Å². The summed E-state index contributed by atoms with van der Waals surface area (Å²) in [5, 5.41) is 3.80. The van der Waals surface area contributed by atoms with Gasteiger partial charge in [0, 0.05) is 24.2 Å².